The number of hydrogen-bond acceptors (Lipinski definition) is 4. The molecule has 25 heavy (non-hydrogen) atoms. The zero-order valence-electron chi connectivity index (χ0n) is 14.7. The molecule has 1 fully saturated rings. The van der Waals surface area contributed by atoms with Gasteiger partial charge in [0.1, 0.15) is 11.6 Å². The van der Waals surface area contributed by atoms with Crippen LogP contribution in [0, 0.1) is 24.2 Å². The number of carbonyl (C=O) groups is 2. The molecule has 1 saturated carbocycles. The van der Waals surface area contributed by atoms with Crippen LogP contribution >= 0.6 is 0 Å². The lowest BCUT2D eigenvalue weighted by molar-refractivity contribution is -0.144. The van der Waals surface area contributed by atoms with Crippen molar-refractivity contribution in [2.24, 2.45) is 5.92 Å². The smallest absolute Gasteiger partial charge is 0.349 e. The first-order valence-corrected chi connectivity index (χ1v) is 8.64. The van der Waals surface area contributed by atoms with Crippen LogP contribution in [0.4, 0.5) is 0 Å². The highest BCUT2D eigenvalue weighted by atomic mass is 16.5. The normalized spacial score (nSPS) is 20.4. The summed E-state index contributed by atoms with van der Waals surface area (Å²) in [5.74, 6) is -0.667. The summed E-state index contributed by atoms with van der Waals surface area (Å²) in [6, 6.07) is 9.39. The molecule has 0 bridgehead atoms. The molecule has 2 atom stereocenters. The number of esters is 1. The molecule has 1 N–H and O–H groups in total. The van der Waals surface area contributed by atoms with E-state index in [2.05, 4.69) is 12.2 Å². The van der Waals surface area contributed by atoms with Gasteiger partial charge in [0.25, 0.3) is 5.91 Å². The number of benzene rings is 1. The predicted octanol–water partition coefficient (Wildman–Crippen LogP) is 3.14. The number of hydrogen-bond donors (Lipinski definition) is 1. The van der Waals surface area contributed by atoms with Crippen LogP contribution in [0.25, 0.3) is 6.08 Å². The van der Waals surface area contributed by atoms with E-state index in [-0.39, 0.29) is 24.1 Å². The number of nitriles is 1. The zero-order valence-corrected chi connectivity index (χ0v) is 14.7. The highest BCUT2D eigenvalue weighted by Gasteiger charge is 2.23. The van der Waals surface area contributed by atoms with Crippen molar-refractivity contribution in [2.45, 2.75) is 45.6 Å². The molecule has 1 aromatic carbocycles. The molecular formula is C20H24N2O3. The molecule has 5 heteroatoms. The first-order chi connectivity index (χ1) is 12.0. The van der Waals surface area contributed by atoms with E-state index in [4.69, 9.17) is 10.00 Å². The number of nitrogens with one attached hydrogen (secondary N) is 1. The van der Waals surface area contributed by atoms with Crippen LogP contribution < -0.4 is 5.32 Å². The Labute approximate surface area is 148 Å². The maximum Gasteiger partial charge on any atom is 0.349 e. The minimum absolute atomic E-state index is 0.123. The largest absolute Gasteiger partial charge is 0.451 e. The summed E-state index contributed by atoms with van der Waals surface area (Å²) in [5, 5.41) is 12.1. The molecule has 1 aliphatic rings. The lowest BCUT2D eigenvalue weighted by Crippen LogP contribution is -2.42. The minimum atomic E-state index is -0.782. The van der Waals surface area contributed by atoms with Gasteiger partial charge in [0, 0.05) is 6.04 Å². The predicted molar refractivity (Wildman–Crippen MR) is 95.3 cm³/mol. The number of amides is 1. The molecule has 0 aromatic heterocycles. The third-order valence-corrected chi connectivity index (χ3v) is 4.52. The molecule has 1 aliphatic carbocycles. The fourth-order valence-corrected chi connectivity index (χ4v) is 2.95. The summed E-state index contributed by atoms with van der Waals surface area (Å²) in [6.45, 7) is 3.71. The summed E-state index contributed by atoms with van der Waals surface area (Å²) >= 11 is 0. The van der Waals surface area contributed by atoms with Gasteiger partial charge >= 0.3 is 5.97 Å². The van der Waals surface area contributed by atoms with Crippen molar-refractivity contribution in [2.75, 3.05) is 6.61 Å². The summed E-state index contributed by atoms with van der Waals surface area (Å²) in [5.41, 5.74) is 1.70. The molecule has 132 valence electrons. The molecule has 0 heterocycles. The van der Waals surface area contributed by atoms with Crippen LogP contribution in [0.3, 0.4) is 0 Å². The van der Waals surface area contributed by atoms with Crippen LogP contribution in [-0.2, 0) is 14.3 Å². The summed E-state index contributed by atoms with van der Waals surface area (Å²) in [6.07, 6.45) is 5.81. The van der Waals surface area contributed by atoms with Gasteiger partial charge in [0.15, 0.2) is 6.61 Å². The van der Waals surface area contributed by atoms with Gasteiger partial charge in [-0.05, 0) is 37.3 Å². The van der Waals surface area contributed by atoms with Crippen LogP contribution in [-0.4, -0.2) is 24.5 Å². The minimum Gasteiger partial charge on any atom is -0.451 e. The second-order valence-corrected chi connectivity index (χ2v) is 6.59. The third kappa shape index (κ3) is 5.75. The van der Waals surface area contributed by atoms with Crippen molar-refractivity contribution < 1.29 is 14.3 Å². The average molecular weight is 340 g/mol. The molecule has 5 nitrogen and oxygen atoms in total. The van der Waals surface area contributed by atoms with Gasteiger partial charge in [-0.3, -0.25) is 4.79 Å². The van der Waals surface area contributed by atoms with Gasteiger partial charge in [0.05, 0.1) is 0 Å². The molecule has 0 radical (unpaired) electrons. The molecule has 0 unspecified atom stereocenters. The lowest BCUT2D eigenvalue weighted by Gasteiger charge is -2.29. The lowest BCUT2D eigenvalue weighted by atomic mass is 9.86. The summed E-state index contributed by atoms with van der Waals surface area (Å²) in [4.78, 5) is 24.0. The standard InChI is InChI=1S/C20H24N2O3/c1-14-7-9-16(10-8-14)11-17(12-21)20(24)25-13-19(23)22-18-6-4-3-5-15(18)2/h7-11,15,18H,3-6,13H2,1-2H3,(H,22,23)/b17-11+/t15-,18+/m1/s1. The molecule has 1 aromatic rings. The van der Waals surface area contributed by atoms with E-state index in [0.717, 1.165) is 30.4 Å². The number of aryl methyl sites for hydroxylation is 1. The fraction of sp³-hybridized carbons (Fsp3) is 0.450. The Kier molecular flexibility index (Phi) is 6.76. The van der Waals surface area contributed by atoms with Gasteiger partial charge in [0.2, 0.25) is 0 Å². The van der Waals surface area contributed by atoms with Crippen molar-refractivity contribution in [3.8, 4) is 6.07 Å². The van der Waals surface area contributed by atoms with Gasteiger partial charge in [-0.1, -0.05) is 49.6 Å². The zero-order chi connectivity index (χ0) is 18.2. The highest BCUT2D eigenvalue weighted by molar-refractivity contribution is 5.98. The monoisotopic (exact) mass is 340 g/mol. The van der Waals surface area contributed by atoms with E-state index in [1.807, 2.05) is 37.3 Å². The molecule has 0 spiro atoms. The SMILES string of the molecule is Cc1ccc(/C=C(\C#N)C(=O)OCC(=O)N[C@H]2CCCC[C@H]2C)cc1. The maximum atomic E-state index is 12.0. The van der Waals surface area contributed by atoms with Gasteiger partial charge in [-0.2, -0.15) is 5.26 Å². The first kappa shape index (κ1) is 18.7. The number of rotatable bonds is 5. The van der Waals surface area contributed by atoms with E-state index in [9.17, 15) is 9.59 Å². The number of ether oxygens (including phenoxy) is 1. The Morgan fingerprint density at radius 1 is 1.28 bits per heavy atom. The first-order valence-electron chi connectivity index (χ1n) is 8.64. The van der Waals surface area contributed by atoms with Crippen LogP contribution in [0.15, 0.2) is 29.8 Å². The quantitative estimate of drug-likeness (QED) is 0.507. The fourth-order valence-electron chi connectivity index (χ4n) is 2.95. The van der Waals surface area contributed by atoms with E-state index in [0.29, 0.717) is 5.92 Å². The van der Waals surface area contributed by atoms with Crippen molar-refractivity contribution in [1.29, 1.82) is 5.26 Å². The maximum absolute atomic E-state index is 12.0. The van der Waals surface area contributed by atoms with Crippen molar-refractivity contribution in [1.82, 2.24) is 5.32 Å². The van der Waals surface area contributed by atoms with Gasteiger partial charge in [-0.15, -0.1) is 0 Å². The van der Waals surface area contributed by atoms with E-state index in [1.165, 1.54) is 12.5 Å². The van der Waals surface area contributed by atoms with E-state index in [1.54, 1.807) is 0 Å². The third-order valence-electron chi connectivity index (χ3n) is 4.52. The average Bonchev–Trinajstić information content (AvgIpc) is 2.61. The topological polar surface area (TPSA) is 79.2 Å². The number of nitrogens with zero attached hydrogens (tertiary/aromatic N) is 1. The molecule has 0 saturated heterocycles. The van der Waals surface area contributed by atoms with E-state index < -0.39 is 5.97 Å². The van der Waals surface area contributed by atoms with Crippen LogP contribution in [0.1, 0.15) is 43.7 Å². The second kappa shape index (κ2) is 9.03. The Morgan fingerprint density at radius 3 is 2.60 bits per heavy atom. The molecule has 0 aliphatic heterocycles. The van der Waals surface area contributed by atoms with Crippen molar-refractivity contribution in [3.05, 3.63) is 41.0 Å². The second-order valence-electron chi connectivity index (χ2n) is 6.59. The Hall–Kier alpha value is -2.61. The number of carbonyl (C=O) groups excluding carboxylic acids is 2. The Bertz CT molecular complexity index is 686. The Balaban J connectivity index is 1.88. The van der Waals surface area contributed by atoms with Crippen LogP contribution in [0.5, 0.6) is 0 Å². The van der Waals surface area contributed by atoms with E-state index >= 15 is 0 Å². The van der Waals surface area contributed by atoms with Gasteiger partial charge in [-0.25, -0.2) is 4.79 Å². The summed E-state index contributed by atoms with van der Waals surface area (Å²) < 4.78 is 4.99. The molecule has 2 rings (SSSR count). The molecular weight excluding hydrogens is 316 g/mol. The van der Waals surface area contributed by atoms with Gasteiger partial charge < -0.3 is 10.1 Å². The molecule has 1 amide bonds. The Morgan fingerprint density at radius 2 is 1.96 bits per heavy atom. The van der Waals surface area contributed by atoms with Crippen LogP contribution in [0.2, 0.25) is 0 Å². The van der Waals surface area contributed by atoms with Crippen molar-refractivity contribution in [3.63, 3.8) is 0 Å². The van der Waals surface area contributed by atoms with Crippen molar-refractivity contribution >= 4 is 18.0 Å². The highest BCUT2D eigenvalue weighted by Crippen LogP contribution is 2.23. The summed E-state index contributed by atoms with van der Waals surface area (Å²) in [7, 11) is 0.